The van der Waals surface area contributed by atoms with Crippen molar-refractivity contribution in [1.82, 2.24) is 14.8 Å². The minimum Gasteiger partial charge on any atom is -0.323 e. The second-order valence-electron chi connectivity index (χ2n) is 6.34. The molecule has 1 aliphatic heterocycles. The maximum absolute atomic E-state index is 13.0. The summed E-state index contributed by atoms with van der Waals surface area (Å²) in [6.45, 7) is 6.42. The second kappa shape index (κ2) is 4.95. The van der Waals surface area contributed by atoms with Crippen LogP contribution in [0.5, 0.6) is 0 Å². The van der Waals surface area contributed by atoms with Crippen LogP contribution in [-0.2, 0) is 0 Å². The van der Waals surface area contributed by atoms with Crippen LogP contribution >= 0.6 is 0 Å². The standard InChI is InChI=1S/C13H21F3N4/c1-12(2,3)19-7-5-9(13(14,15)16)8-11(19)10-4-6-18-20(10)17/h4,6,9,11H,5,7-8,17H2,1-3H3/t9-,11+/m0/s1. The number of alkyl halides is 3. The molecular formula is C13H21F3N4. The average Bonchev–Trinajstić information content (AvgIpc) is 2.72. The van der Waals surface area contributed by atoms with Crippen LogP contribution in [0.3, 0.4) is 0 Å². The number of nitrogens with two attached hydrogens (primary N) is 1. The lowest BCUT2D eigenvalue weighted by Crippen LogP contribution is -2.50. The molecule has 2 heterocycles. The van der Waals surface area contributed by atoms with Crippen molar-refractivity contribution in [3.63, 3.8) is 0 Å². The van der Waals surface area contributed by atoms with Gasteiger partial charge in [0.1, 0.15) is 0 Å². The number of nitrogens with zero attached hydrogens (tertiary/aromatic N) is 3. The fraction of sp³-hybridized carbons (Fsp3) is 0.769. The van der Waals surface area contributed by atoms with Gasteiger partial charge in [-0.05, 0) is 46.2 Å². The predicted molar refractivity (Wildman–Crippen MR) is 70.4 cm³/mol. The van der Waals surface area contributed by atoms with E-state index in [9.17, 15) is 13.2 Å². The zero-order valence-corrected chi connectivity index (χ0v) is 12.0. The van der Waals surface area contributed by atoms with Gasteiger partial charge in [0.15, 0.2) is 0 Å². The maximum Gasteiger partial charge on any atom is 0.391 e. The van der Waals surface area contributed by atoms with Gasteiger partial charge >= 0.3 is 6.18 Å². The van der Waals surface area contributed by atoms with E-state index in [1.807, 2.05) is 20.8 Å². The molecule has 2 N–H and O–H groups in total. The largest absolute Gasteiger partial charge is 0.391 e. The molecule has 0 aliphatic carbocycles. The molecule has 0 amide bonds. The molecule has 0 spiro atoms. The first-order chi connectivity index (χ1) is 9.10. The lowest BCUT2D eigenvalue weighted by Gasteiger charge is -2.46. The Morgan fingerprint density at radius 2 is 1.95 bits per heavy atom. The van der Waals surface area contributed by atoms with Crippen LogP contribution in [0.1, 0.15) is 45.3 Å². The van der Waals surface area contributed by atoms with Crippen molar-refractivity contribution >= 4 is 0 Å². The van der Waals surface area contributed by atoms with E-state index in [4.69, 9.17) is 5.84 Å². The molecule has 1 aromatic heterocycles. The Hall–Kier alpha value is -1.24. The van der Waals surface area contributed by atoms with Crippen LogP contribution in [0.2, 0.25) is 0 Å². The molecule has 0 saturated carbocycles. The van der Waals surface area contributed by atoms with E-state index in [0.29, 0.717) is 12.2 Å². The van der Waals surface area contributed by atoms with Crippen molar-refractivity contribution in [2.75, 3.05) is 12.4 Å². The number of hydrogen-bond acceptors (Lipinski definition) is 3. The molecule has 1 saturated heterocycles. The Labute approximate surface area is 116 Å². The molecule has 1 aliphatic rings. The fourth-order valence-corrected chi connectivity index (χ4v) is 2.93. The highest BCUT2D eigenvalue weighted by molar-refractivity contribution is 5.11. The van der Waals surface area contributed by atoms with Gasteiger partial charge in [0.25, 0.3) is 0 Å². The molecule has 1 aromatic rings. The number of halogens is 3. The van der Waals surface area contributed by atoms with Gasteiger partial charge in [-0.1, -0.05) is 0 Å². The molecule has 2 rings (SSSR count). The summed E-state index contributed by atoms with van der Waals surface area (Å²) in [5.74, 6) is 4.45. The normalized spacial score (nSPS) is 25.9. The zero-order valence-electron chi connectivity index (χ0n) is 12.0. The van der Waals surface area contributed by atoms with Crippen molar-refractivity contribution in [3.05, 3.63) is 18.0 Å². The third-order valence-electron chi connectivity index (χ3n) is 3.97. The molecular weight excluding hydrogens is 269 g/mol. The number of nitrogen functional groups attached to an aromatic ring is 1. The van der Waals surface area contributed by atoms with Crippen molar-refractivity contribution in [2.24, 2.45) is 5.92 Å². The van der Waals surface area contributed by atoms with E-state index >= 15 is 0 Å². The van der Waals surface area contributed by atoms with Crippen molar-refractivity contribution in [1.29, 1.82) is 0 Å². The van der Waals surface area contributed by atoms with E-state index in [0.717, 1.165) is 0 Å². The highest BCUT2D eigenvalue weighted by Gasteiger charge is 2.47. The summed E-state index contributed by atoms with van der Waals surface area (Å²) in [5.41, 5.74) is 0.416. The Balaban J connectivity index is 2.31. The highest BCUT2D eigenvalue weighted by atomic mass is 19.4. The van der Waals surface area contributed by atoms with E-state index in [2.05, 4.69) is 10.00 Å². The monoisotopic (exact) mass is 290 g/mol. The van der Waals surface area contributed by atoms with Gasteiger partial charge < -0.3 is 5.84 Å². The van der Waals surface area contributed by atoms with E-state index < -0.39 is 12.1 Å². The zero-order chi connectivity index (χ0) is 15.1. The number of piperidine rings is 1. The summed E-state index contributed by atoms with van der Waals surface area (Å²) in [6, 6.07) is 1.34. The van der Waals surface area contributed by atoms with Gasteiger partial charge in [-0.25, -0.2) is 0 Å². The van der Waals surface area contributed by atoms with Gasteiger partial charge in [0.2, 0.25) is 0 Å². The first kappa shape index (κ1) is 15.2. The molecule has 20 heavy (non-hydrogen) atoms. The second-order valence-corrected chi connectivity index (χ2v) is 6.34. The smallest absolute Gasteiger partial charge is 0.323 e. The minimum atomic E-state index is -4.15. The quantitative estimate of drug-likeness (QED) is 0.809. The highest BCUT2D eigenvalue weighted by Crippen LogP contribution is 2.44. The molecule has 0 unspecified atom stereocenters. The first-order valence-electron chi connectivity index (χ1n) is 6.73. The van der Waals surface area contributed by atoms with Gasteiger partial charge in [-0.2, -0.15) is 23.1 Å². The molecule has 7 heteroatoms. The van der Waals surface area contributed by atoms with Gasteiger partial charge in [0.05, 0.1) is 23.9 Å². The molecule has 2 atom stereocenters. The van der Waals surface area contributed by atoms with Crippen LogP contribution in [0.15, 0.2) is 12.3 Å². The third-order valence-corrected chi connectivity index (χ3v) is 3.97. The van der Waals surface area contributed by atoms with Crippen molar-refractivity contribution in [2.45, 2.75) is 51.4 Å². The SMILES string of the molecule is CC(C)(C)N1CC[C@H](C(F)(F)F)C[C@@H]1c1ccnn1N. The molecule has 114 valence electrons. The Kier molecular flexibility index (Phi) is 3.75. The van der Waals surface area contributed by atoms with Crippen LogP contribution in [-0.4, -0.2) is 33.0 Å². The summed E-state index contributed by atoms with van der Waals surface area (Å²) in [7, 11) is 0. The molecule has 1 fully saturated rings. The van der Waals surface area contributed by atoms with E-state index in [-0.39, 0.29) is 24.4 Å². The molecule has 0 radical (unpaired) electrons. The number of aromatic nitrogens is 2. The fourth-order valence-electron chi connectivity index (χ4n) is 2.93. The number of hydrogen-bond donors (Lipinski definition) is 1. The summed E-state index contributed by atoms with van der Waals surface area (Å²) < 4.78 is 39.0. The van der Waals surface area contributed by atoms with E-state index in [1.165, 1.54) is 11.0 Å². The molecule has 4 nitrogen and oxygen atoms in total. The summed E-state index contributed by atoms with van der Waals surface area (Å²) in [5, 5.41) is 3.88. The molecule has 0 aromatic carbocycles. The minimum absolute atomic E-state index is 0.0314. The van der Waals surface area contributed by atoms with Gasteiger partial charge in [0, 0.05) is 5.54 Å². The predicted octanol–water partition coefficient (Wildman–Crippen LogP) is 2.71. The van der Waals surface area contributed by atoms with Crippen LogP contribution in [0, 0.1) is 5.92 Å². The Morgan fingerprint density at radius 1 is 1.30 bits per heavy atom. The Morgan fingerprint density at radius 3 is 2.40 bits per heavy atom. The van der Waals surface area contributed by atoms with Crippen LogP contribution in [0.25, 0.3) is 0 Å². The average molecular weight is 290 g/mol. The van der Waals surface area contributed by atoms with Gasteiger partial charge in [-0.15, -0.1) is 0 Å². The summed E-state index contributed by atoms with van der Waals surface area (Å²) in [4.78, 5) is 3.26. The van der Waals surface area contributed by atoms with Crippen LogP contribution in [0.4, 0.5) is 13.2 Å². The number of likely N-dealkylation sites (tertiary alicyclic amines) is 1. The van der Waals surface area contributed by atoms with Crippen molar-refractivity contribution < 1.29 is 13.2 Å². The van der Waals surface area contributed by atoms with Crippen molar-refractivity contribution in [3.8, 4) is 0 Å². The number of rotatable bonds is 1. The summed E-state index contributed by atoms with van der Waals surface area (Å²) in [6.07, 6.45) is -2.46. The topological polar surface area (TPSA) is 47.1 Å². The maximum atomic E-state index is 13.0. The van der Waals surface area contributed by atoms with Gasteiger partial charge in [-0.3, -0.25) is 4.90 Å². The third kappa shape index (κ3) is 2.92. The summed E-state index contributed by atoms with van der Waals surface area (Å²) >= 11 is 0. The van der Waals surface area contributed by atoms with Crippen LogP contribution < -0.4 is 5.84 Å². The Bertz CT molecular complexity index is 461. The van der Waals surface area contributed by atoms with E-state index in [1.54, 1.807) is 6.07 Å². The lowest BCUT2D eigenvalue weighted by molar-refractivity contribution is -0.194. The first-order valence-corrected chi connectivity index (χ1v) is 6.73. The molecule has 0 bridgehead atoms. The lowest BCUT2D eigenvalue weighted by atomic mass is 9.85.